The van der Waals surface area contributed by atoms with Crippen LogP contribution in [0.4, 0.5) is 14.9 Å². The van der Waals surface area contributed by atoms with Crippen molar-refractivity contribution in [2.45, 2.75) is 25.9 Å². The van der Waals surface area contributed by atoms with E-state index in [0.29, 0.717) is 18.5 Å². The maximum Gasteiger partial charge on any atom is 0.407 e. The Labute approximate surface area is 165 Å². The van der Waals surface area contributed by atoms with E-state index >= 15 is 0 Å². The maximum absolute atomic E-state index is 13.3. The zero-order chi connectivity index (χ0) is 19.8. The van der Waals surface area contributed by atoms with Crippen molar-refractivity contribution in [3.63, 3.8) is 0 Å². The molecule has 6 heteroatoms. The van der Waals surface area contributed by atoms with Crippen LogP contribution in [0.3, 0.4) is 0 Å². The number of amides is 1. The number of nitrogens with one attached hydrogen (secondary N) is 2. The third-order valence-electron chi connectivity index (χ3n) is 5.00. The van der Waals surface area contributed by atoms with Crippen molar-refractivity contribution in [1.29, 1.82) is 0 Å². The molecule has 2 N–H and O–H groups in total. The number of alkyl carbamates (subject to hydrolysis) is 1. The third kappa shape index (κ3) is 5.45. The SMILES string of the molecule is CCc1ccc(N2CCNCC2)cc1.O=C1NCCC(c2ccccc2F)O1. The summed E-state index contributed by atoms with van der Waals surface area (Å²) in [5.41, 5.74) is 3.23. The number of benzene rings is 2. The summed E-state index contributed by atoms with van der Waals surface area (Å²) < 4.78 is 18.3. The van der Waals surface area contributed by atoms with Crippen molar-refractivity contribution in [2.24, 2.45) is 0 Å². The lowest BCUT2D eigenvalue weighted by atomic mass is 10.1. The van der Waals surface area contributed by atoms with Crippen LogP contribution in [-0.4, -0.2) is 38.8 Å². The number of carbonyl (C=O) groups excluding carboxylic acids is 1. The van der Waals surface area contributed by atoms with Gasteiger partial charge in [-0.1, -0.05) is 37.3 Å². The molecular formula is C22H28FN3O2. The van der Waals surface area contributed by atoms with Crippen LogP contribution in [0.1, 0.15) is 30.6 Å². The Bertz CT molecular complexity index is 761. The predicted molar refractivity (Wildman–Crippen MR) is 109 cm³/mol. The molecule has 1 atom stereocenters. The van der Waals surface area contributed by atoms with Crippen LogP contribution >= 0.6 is 0 Å². The van der Waals surface area contributed by atoms with E-state index in [1.807, 2.05) is 0 Å². The number of aryl methyl sites for hydroxylation is 1. The Balaban J connectivity index is 0.000000161. The lowest BCUT2D eigenvalue weighted by Gasteiger charge is -2.29. The average Bonchev–Trinajstić information content (AvgIpc) is 2.75. The van der Waals surface area contributed by atoms with E-state index < -0.39 is 12.2 Å². The number of nitrogens with zero attached hydrogens (tertiary/aromatic N) is 1. The normalized spacial score (nSPS) is 19.1. The van der Waals surface area contributed by atoms with E-state index in [-0.39, 0.29) is 5.82 Å². The molecule has 1 amide bonds. The Morgan fingerprint density at radius 2 is 1.79 bits per heavy atom. The molecule has 2 aromatic rings. The van der Waals surface area contributed by atoms with Gasteiger partial charge in [0.15, 0.2) is 0 Å². The van der Waals surface area contributed by atoms with Gasteiger partial charge in [0.2, 0.25) is 0 Å². The molecule has 2 aliphatic heterocycles. The highest BCUT2D eigenvalue weighted by atomic mass is 19.1. The molecule has 0 bridgehead atoms. The van der Waals surface area contributed by atoms with E-state index in [1.165, 1.54) is 17.3 Å². The van der Waals surface area contributed by atoms with Gasteiger partial charge in [0.05, 0.1) is 0 Å². The standard InChI is InChI=1S/C12H18N2.C10H10FNO2/c1-2-11-3-5-12(6-4-11)14-9-7-13-8-10-14;11-8-4-2-1-3-7(8)9-5-6-12-10(13)14-9/h3-6,13H,2,7-10H2,1H3;1-4,9H,5-6H2,(H,12,13). The number of cyclic esters (lactones) is 1. The lowest BCUT2D eigenvalue weighted by Crippen LogP contribution is -2.43. The van der Waals surface area contributed by atoms with Crippen LogP contribution < -0.4 is 15.5 Å². The molecule has 2 aliphatic rings. The van der Waals surface area contributed by atoms with Gasteiger partial charge in [-0.05, 0) is 30.2 Å². The van der Waals surface area contributed by atoms with E-state index in [4.69, 9.17) is 4.74 Å². The number of rotatable bonds is 3. The second-order valence-corrected chi connectivity index (χ2v) is 6.89. The summed E-state index contributed by atoms with van der Waals surface area (Å²) >= 11 is 0. The number of anilines is 1. The van der Waals surface area contributed by atoms with Crippen molar-refractivity contribution in [1.82, 2.24) is 10.6 Å². The van der Waals surface area contributed by atoms with Gasteiger partial charge in [-0.25, -0.2) is 9.18 Å². The first-order valence-electron chi connectivity index (χ1n) is 9.91. The van der Waals surface area contributed by atoms with E-state index in [0.717, 1.165) is 32.6 Å². The summed E-state index contributed by atoms with van der Waals surface area (Å²) in [6, 6.07) is 15.3. The van der Waals surface area contributed by atoms with Crippen molar-refractivity contribution in [3.05, 3.63) is 65.5 Å². The smallest absolute Gasteiger partial charge is 0.407 e. The van der Waals surface area contributed by atoms with Crippen molar-refractivity contribution in [3.8, 4) is 0 Å². The highest BCUT2D eigenvalue weighted by Crippen LogP contribution is 2.25. The molecule has 2 heterocycles. The molecule has 4 rings (SSSR count). The number of ether oxygens (including phenoxy) is 1. The van der Waals surface area contributed by atoms with Gasteiger partial charge in [-0.2, -0.15) is 0 Å². The molecule has 0 aliphatic carbocycles. The monoisotopic (exact) mass is 385 g/mol. The highest BCUT2D eigenvalue weighted by Gasteiger charge is 2.23. The predicted octanol–water partition coefficient (Wildman–Crippen LogP) is 3.66. The number of piperazine rings is 1. The van der Waals surface area contributed by atoms with Gasteiger partial charge in [0.25, 0.3) is 0 Å². The Hall–Kier alpha value is -2.60. The van der Waals surface area contributed by atoms with Crippen molar-refractivity contribution >= 4 is 11.8 Å². The molecule has 0 radical (unpaired) electrons. The molecule has 0 saturated carbocycles. The van der Waals surface area contributed by atoms with Crippen molar-refractivity contribution in [2.75, 3.05) is 37.6 Å². The molecule has 2 fully saturated rings. The molecule has 5 nitrogen and oxygen atoms in total. The molecule has 150 valence electrons. The summed E-state index contributed by atoms with van der Waals surface area (Å²) in [6.07, 6.45) is 0.795. The van der Waals surface area contributed by atoms with Crippen LogP contribution in [0.5, 0.6) is 0 Å². The lowest BCUT2D eigenvalue weighted by molar-refractivity contribution is 0.0719. The summed E-state index contributed by atoms with van der Waals surface area (Å²) in [5, 5.41) is 5.88. The van der Waals surface area contributed by atoms with Gasteiger partial charge in [-0.15, -0.1) is 0 Å². The Morgan fingerprint density at radius 3 is 2.43 bits per heavy atom. The number of carbonyl (C=O) groups is 1. The molecule has 2 aromatic carbocycles. The number of hydrogen-bond donors (Lipinski definition) is 2. The summed E-state index contributed by atoms with van der Waals surface area (Å²) in [5.74, 6) is -0.327. The maximum atomic E-state index is 13.3. The zero-order valence-electron chi connectivity index (χ0n) is 16.3. The largest absolute Gasteiger partial charge is 0.441 e. The molecular weight excluding hydrogens is 357 g/mol. The molecule has 2 saturated heterocycles. The fourth-order valence-corrected chi connectivity index (χ4v) is 3.36. The number of hydrogen-bond acceptors (Lipinski definition) is 4. The van der Waals surface area contributed by atoms with Crippen LogP contribution in [0.15, 0.2) is 48.5 Å². The van der Waals surface area contributed by atoms with Crippen LogP contribution in [-0.2, 0) is 11.2 Å². The Morgan fingerprint density at radius 1 is 1.07 bits per heavy atom. The minimum Gasteiger partial charge on any atom is -0.441 e. The molecule has 1 unspecified atom stereocenters. The average molecular weight is 385 g/mol. The van der Waals surface area contributed by atoms with Crippen LogP contribution in [0.2, 0.25) is 0 Å². The van der Waals surface area contributed by atoms with Gasteiger partial charge in [0, 0.05) is 50.4 Å². The van der Waals surface area contributed by atoms with Crippen LogP contribution in [0.25, 0.3) is 0 Å². The summed E-state index contributed by atoms with van der Waals surface area (Å²) in [6.45, 7) is 7.19. The quantitative estimate of drug-likeness (QED) is 0.847. The molecule has 0 spiro atoms. The molecule has 0 aromatic heterocycles. The third-order valence-corrected chi connectivity index (χ3v) is 5.00. The first-order chi connectivity index (χ1) is 13.7. The van der Waals surface area contributed by atoms with Gasteiger partial charge >= 0.3 is 6.09 Å². The van der Waals surface area contributed by atoms with E-state index in [1.54, 1.807) is 18.2 Å². The second kappa shape index (κ2) is 10.1. The minimum absolute atomic E-state index is 0.327. The van der Waals surface area contributed by atoms with E-state index in [2.05, 4.69) is 46.7 Å². The number of halogens is 1. The Kier molecular flexibility index (Phi) is 7.25. The highest BCUT2D eigenvalue weighted by molar-refractivity contribution is 5.68. The van der Waals surface area contributed by atoms with Gasteiger partial charge in [-0.3, -0.25) is 0 Å². The minimum atomic E-state index is -0.482. The first kappa shape index (κ1) is 20.1. The first-order valence-corrected chi connectivity index (χ1v) is 9.91. The van der Waals surface area contributed by atoms with E-state index in [9.17, 15) is 9.18 Å². The summed E-state index contributed by atoms with van der Waals surface area (Å²) in [4.78, 5) is 13.3. The van der Waals surface area contributed by atoms with Crippen molar-refractivity contribution < 1.29 is 13.9 Å². The zero-order valence-corrected chi connectivity index (χ0v) is 16.3. The fraction of sp³-hybridized carbons (Fsp3) is 0.409. The topological polar surface area (TPSA) is 53.6 Å². The summed E-state index contributed by atoms with van der Waals surface area (Å²) in [7, 11) is 0. The fourth-order valence-electron chi connectivity index (χ4n) is 3.36. The van der Waals surface area contributed by atoms with Crippen LogP contribution in [0, 0.1) is 5.82 Å². The van der Waals surface area contributed by atoms with Gasteiger partial charge < -0.3 is 20.3 Å². The second-order valence-electron chi connectivity index (χ2n) is 6.89. The van der Waals surface area contributed by atoms with Gasteiger partial charge in [0.1, 0.15) is 11.9 Å². The molecule has 28 heavy (non-hydrogen) atoms.